The number of hydrogen-bond acceptors (Lipinski definition) is 2. The van der Waals surface area contributed by atoms with Crippen LogP contribution in [0, 0.1) is 0 Å². The molecule has 0 amide bonds. The van der Waals surface area contributed by atoms with Crippen molar-refractivity contribution in [3.63, 3.8) is 0 Å². The average molecular weight is 143 g/mol. The van der Waals surface area contributed by atoms with Crippen molar-refractivity contribution in [2.75, 3.05) is 13.7 Å². The van der Waals surface area contributed by atoms with E-state index < -0.39 is 0 Å². The van der Waals surface area contributed by atoms with Gasteiger partial charge >= 0.3 is 0 Å². The second-order valence-corrected chi connectivity index (χ2v) is 2.98. The maximum Gasteiger partial charge on any atom is 0.0601 e. The lowest BCUT2D eigenvalue weighted by Gasteiger charge is -2.34. The van der Waals surface area contributed by atoms with Gasteiger partial charge in [-0.2, -0.15) is 0 Å². The van der Waals surface area contributed by atoms with Gasteiger partial charge in [0.15, 0.2) is 0 Å². The zero-order valence-corrected chi connectivity index (χ0v) is 6.89. The van der Waals surface area contributed by atoms with E-state index in [0.29, 0.717) is 6.10 Å². The summed E-state index contributed by atoms with van der Waals surface area (Å²) in [6.45, 7) is 3.35. The largest absolute Gasteiger partial charge is 0.381 e. The summed E-state index contributed by atoms with van der Waals surface area (Å²) in [4.78, 5) is 0. The lowest BCUT2D eigenvalue weighted by molar-refractivity contribution is 0.0176. The second-order valence-electron chi connectivity index (χ2n) is 2.98. The monoisotopic (exact) mass is 143 g/mol. The van der Waals surface area contributed by atoms with E-state index >= 15 is 0 Å². The molecule has 0 saturated heterocycles. The zero-order valence-electron chi connectivity index (χ0n) is 6.89. The van der Waals surface area contributed by atoms with Crippen molar-refractivity contribution in [2.24, 2.45) is 0 Å². The third-order valence-electron chi connectivity index (χ3n) is 2.11. The lowest BCUT2D eigenvalue weighted by Crippen LogP contribution is -2.45. The molecule has 2 heteroatoms. The van der Waals surface area contributed by atoms with E-state index in [2.05, 4.69) is 12.2 Å². The molecule has 0 spiro atoms. The molecule has 1 N–H and O–H groups in total. The van der Waals surface area contributed by atoms with Crippen LogP contribution >= 0.6 is 0 Å². The summed E-state index contributed by atoms with van der Waals surface area (Å²) in [6, 6.07) is 0.741. The number of nitrogens with one attached hydrogen (secondary N) is 1. The molecule has 1 rings (SSSR count). The molecular weight excluding hydrogens is 126 g/mol. The van der Waals surface area contributed by atoms with Gasteiger partial charge in [0.25, 0.3) is 0 Å². The summed E-state index contributed by atoms with van der Waals surface area (Å²) < 4.78 is 5.16. The Morgan fingerprint density at radius 1 is 1.50 bits per heavy atom. The van der Waals surface area contributed by atoms with E-state index in [-0.39, 0.29) is 0 Å². The van der Waals surface area contributed by atoms with E-state index in [4.69, 9.17) is 4.74 Å². The van der Waals surface area contributed by atoms with Gasteiger partial charge in [-0.05, 0) is 25.8 Å². The van der Waals surface area contributed by atoms with Crippen molar-refractivity contribution < 1.29 is 4.74 Å². The van der Waals surface area contributed by atoms with Gasteiger partial charge in [0.2, 0.25) is 0 Å². The van der Waals surface area contributed by atoms with Gasteiger partial charge in [0, 0.05) is 13.2 Å². The normalized spacial score (nSPS) is 31.8. The van der Waals surface area contributed by atoms with Gasteiger partial charge in [0.1, 0.15) is 0 Å². The van der Waals surface area contributed by atoms with Gasteiger partial charge in [0.05, 0.1) is 6.10 Å². The maximum atomic E-state index is 5.16. The van der Waals surface area contributed by atoms with Crippen LogP contribution in [-0.4, -0.2) is 25.8 Å². The van der Waals surface area contributed by atoms with Crippen LogP contribution in [0.3, 0.4) is 0 Å². The molecule has 0 radical (unpaired) electrons. The molecule has 60 valence electrons. The first-order chi connectivity index (χ1) is 4.86. The summed E-state index contributed by atoms with van der Waals surface area (Å²) in [5.41, 5.74) is 0. The van der Waals surface area contributed by atoms with Gasteiger partial charge in [-0.1, -0.05) is 6.92 Å². The molecular formula is C8H17NO. The Kier molecular flexibility index (Phi) is 3.16. The Balaban J connectivity index is 1.93. The highest BCUT2D eigenvalue weighted by Crippen LogP contribution is 2.22. The van der Waals surface area contributed by atoms with Crippen molar-refractivity contribution in [1.82, 2.24) is 5.32 Å². The van der Waals surface area contributed by atoms with Crippen LogP contribution in [0.25, 0.3) is 0 Å². The van der Waals surface area contributed by atoms with E-state index in [1.165, 1.54) is 19.3 Å². The fourth-order valence-corrected chi connectivity index (χ4v) is 1.27. The van der Waals surface area contributed by atoms with Crippen LogP contribution in [0.15, 0.2) is 0 Å². The minimum atomic E-state index is 0.536. The number of hydrogen-bond donors (Lipinski definition) is 1. The number of rotatable bonds is 4. The molecule has 1 fully saturated rings. The Hall–Kier alpha value is -0.0800. The van der Waals surface area contributed by atoms with Crippen molar-refractivity contribution in [2.45, 2.75) is 38.3 Å². The molecule has 1 saturated carbocycles. The van der Waals surface area contributed by atoms with Crippen LogP contribution in [0.2, 0.25) is 0 Å². The third kappa shape index (κ3) is 1.96. The zero-order chi connectivity index (χ0) is 7.40. The molecule has 0 aliphatic heterocycles. The molecule has 0 bridgehead atoms. The van der Waals surface area contributed by atoms with Crippen LogP contribution in [0.4, 0.5) is 0 Å². The smallest absolute Gasteiger partial charge is 0.0601 e. The number of methoxy groups -OCH3 is 1. The highest BCUT2D eigenvalue weighted by Gasteiger charge is 2.27. The van der Waals surface area contributed by atoms with Crippen LogP contribution < -0.4 is 5.32 Å². The average Bonchev–Trinajstić information content (AvgIpc) is 1.86. The van der Waals surface area contributed by atoms with Crippen LogP contribution in [0.5, 0.6) is 0 Å². The SMILES string of the molecule is CCCN[C@H]1C[C@@H](OC)C1. The first-order valence-electron chi connectivity index (χ1n) is 4.13. The standard InChI is InChI=1S/C8H17NO/c1-3-4-9-7-5-8(6-7)10-2/h7-9H,3-6H2,1-2H3/t7-,8+. The molecule has 0 unspecified atom stereocenters. The Morgan fingerprint density at radius 3 is 2.70 bits per heavy atom. The molecule has 1 aliphatic carbocycles. The molecule has 2 nitrogen and oxygen atoms in total. The van der Waals surface area contributed by atoms with Crippen molar-refractivity contribution in [1.29, 1.82) is 0 Å². The number of ether oxygens (including phenoxy) is 1. The van der Waals surface area contributed by atoms with Gasteiger partial charge < -0.3 is 10.1 Å². The molecule has 0 atom stereocenters. The van der Waals surface area contributed by atoms with Crippen LogP contribution in [-0.2, 0) is 4.74 Å². The Bertz CT molecular complexity index is 86.5. The van der Waals surface area contributed by atoms with Crippen molar-refractivity contribution >= 4 is 0 Å². The predicted octanol–water partition coefficient (Wildman–Crippen LogP) is 1.16. The Labute approximate surface area is 63.0 Å². The third-order valence-corrected chi connectivity index (χ3v) is 2.11. The van der Waals surface area contributed by atoms with E-state index in [9.17, 15) is 0 Å². The second kappa shape index (κ2) is 3.94. The van der Waals surface area contributed by atoms with E-state index in [1.54, 1.807) is 7.11 Å². The lowest BCUT2D eigenvalue weighted by atomic mass is 9.89. The minimum Gasteiger partial charge on any atom is -0.381 e. The predicted molar refractivity (Wildman–Crippen MR) is 42.1 cm³/mol. The summed E-state index contributed by atoms with van der Waals surface area (Å²) in [6.07, 6.45) is 4.18. The highest BCUT2D eigenvalue weighted by molar-refractivity contribution is 4.85. The minimum absolute atomic E-state index is 0.536. The Morgan fingerprint density at radius 2 is 2.20 bits per heavy atom. The summed E-state index contributed by atoms with van der Waals surface area (Å²) in [7, 11) is 1.79. The summed E-state index contributed by atoms with van der Waals surface area (Å²) in [5.74, 6) is 0. The van der Waals surface area contributed by atoms with Gasteiger partial charge in [-0.3, -0.25) is 0 Å². The topological polar surface area (TPSA) is 21.3 Å². The van der Waals surface area contributed by atoms with Crippen LogP contribution in [0.1, 0.15) is 26.2 Å². The first kappa shape index (κ1) is 8.02. The maximum absolute atomic E-state index is 5.16. The highest BCUT2D eigenvalue weighted by atomic mass is 16.5. The first-order valence-corrected chi connectivity index (χ1v) is 4.13. The van der Waals surface area contributed by atoms with Gasteiger partial charge in [-0.15, -0.1) is 0 Å². The van der Waals surface area contributed by atoms with Gasteiger partial charge in [-0.25, -0.2) is 0 Å². The summed E-state index contributed by atoms with van der Waals surface area (Å²) >= 11 is 0. The summed E-state index contributed by atoms with van der Waals surface area (Å²) in [5, 5.41) is 3.45. The molecule has 1 aliphatic rings. The molecule has 0 aromatic carbocycles. The van der Waals surface area contributed by atoms with Crippen molar-refractivity contribution in [3.8, 4) is 0 Å². The van der Waals surface area contributed by atoms with E-state index in [1.807, 2.05) is 0 Å². The molecule has 0 heterocycles. The molecule has 0 aromatic heterocycles. The quantitative estimate of drug-likeness (QED) is 0.637. The van der Waals surface area contributed by atoms with E-state index in [0.717, 1.165) is 12.6 Å². The fraction of sp³-hybridized carbons (Fsp3) is 1.00. The fourth-order valence-electron chi connectivity index (χ4n) is 1.27. The van der Waals surface area contributed by atoms with Crippen molar-refractivity contribution in [3.05, 3.63) is 0 Å². The molecule has 10 heavy (non-hydrogen) atoms. The molecule has 0 aromatic rings.